The zero-order chi connectivity index (χ0) is 24.0. The molecule has 10 nitrogen and oxygen atoms in total. The van der Waals surface area contributed by atoms with Gasteiger partial charge < -0.3 is 21.1 Å². The van der Waals surface area contributed by atoms with Crippen molar-refractivity contribution in [2.24, 2.45) is 28.4 Å². The predicted molar refractivity (Wildman–Crippen MR) is 115 cm³/mol. The first-order valence-corrected chi connectivity index (χ1v) is 12.4. The number of nitrogens with one attached hydrogen (secondary N) is 1. The van der Waals surface area contributed by atoms with E-state index in [-0.39, 0.29) is 24.2 Å². The van der Waals surface area contributed by atoms with Gasteiger partial charge in [0.05, 0.1) is 27.5 Å². The van der Waals surface area contributed by atoms with Crippen molar-refractivity contribution in [1.82, 2.24) is 10.2 Å². The van der Waals surface area contributed by atoms with Gasteiger partial charge in [0.15, 0.2) is 9.84 Å². The molecule has 2 unspecified atom stereocenters. The molecule has 2 aliphatic carbocycles. The molecule has 2 amide bonds. The number of primary amides is 1. The molecule has 0 spiro atoms. The standard InChI is InChI=1S/C22H26N4O6S/c23-13-21(19(24)28)12-17(21)22(20(29)30)11-15(33(31,32)14-4-2-1-3-5-14)10-16(22)18(27)26-8-6-25-7-9-26/h1-5,15-17,25H,6-12H2,(H2,24,28)(H,29,30)/t15-,16+,17?,21?,22+/m1/s1. The molecule has 0 aromatic heterocycles. The van der Waals surface area contributed by atoms with E-state index >= 15 is 0 Å². The molecule has 33 heavy (non-hydrogen) atoms. The maximum absolute atomic E-state index is 13.6. The molecule has 3 fully saturated rings. The number of sulfone groups is 1. The van der Waals surface area contributed by atoms with E-state index in [1.54, 1.807) is 18.2 Å². The first-order chi connectivity index (χ1) is 15.6. The second-order valence-electron chi connectivity index (χ2n) is 9.10. The van der Waals surface area contributed by atoms with Crippen LogP contribution in [0.15, 0.2) is 35.2 Å². The lowest BCUT2D eigenvalue weighted by Crippen LogP contribution is -2.53. The number of nitriles is 1. The summed E-state index contributed by atoms with van der Waals surface area (Å²) in [6.07, 6.45) is -0.652. The van der Waals surface area contributed by atoms with Gasteiger partial charge in [-0.3, -0.25) is 14.4 Å². The van der Waals surface area contributed by atoms with Crippen LogP contribution < -0.4 is 11.1 Å². The van der Waals surface area contributed by atoms with Crippen molar-refractivity contribution >= 4 is 27.6 Å². The summed E-state index contributed by atoms with van der Waals surface area (Å²) in [6, 6.07) is 9.55. The monoisotopic (exact) mass is 474 g/mol. The molecule has 5 atom stereocenters. The average Bonchev–Trinajstić information content (AvgIpc) is 3.44. The summed E-state index contributed by atoms with van der Waals surface area (Å²) < 4.78 is 26.8. The van der Waals surface area contributed by atoms with Crippen LogP contribution in [0, 0.1) is 34.0 Å². The molecule has 176 valence electrons. The van der Waals surface area contributed by atoms with Crippen LogP contribution in [0.2, 0.25) is 0 Å². The van der Waals surface area contributed by atoms with Gasteiger partial charge >= 0.3 is 5.97 Å². The summed E-state index contributed by atoms with van der Waals surface area (Å²) in [5.41, 5.74) is 1.87. The van der Waals surface area contributed by atoms with E-state index in [1.165, 1.54) is 17.0 Å². The van der Waals surface area contributed by atoms with Crippen molar-refractivity contribution in [3.63, 3.8) is 0 Å². The van der Waals surface area contributed by atoms with Crippen LogP contribution in [0.4, 0.5) is 0 Å². The van der Waals surface area contributed by atoms with Crippen LogP contribution in [0.1, 0.15) is 19.3 Å². The van der Waals surface area contributed by atoms with Gasteiger partial charge in [0.2, 0.25) is 11.8 Å². The Hall–Kier alpha value is -2.97. The Morgan fingerprint density at radius 1 is 1.15 bits per heavy atom. The van der Waals surface area contributed by atoms with E-state index in [1.807, 2.05) is 6.07 Å². The highest BCUT2D eigenvalue weighted by molar-refractivity contribution is 7.92. The quantitative estimate of drug-likeness (QED) is 0.507. The molecule has 1 aliphatic heterocycles. The molecule has 1 saturated heterocycles. The molecule has 0 bridgehead atoms. The van der Waals surface area contributed by atoms with E-state index in [9.17, 15) is 33.2 Å². The summed E-state index contributed by atoms with van der Waals surface area (Å²) in [5, 5.41) is 22.1. The first kappa shape index (κ1) is 23.2. The maximum atomic E-state index is 13.6. The summed E-state index contributed by atoms with van der Waals surface area (Å²) in [4.78, 5) is 40.1. The molecule has 0 radical (unpaired) electrons. The Morgan fingerprint density at radius 2 is 1.79 bits per heavy atom. The van der Waals surface area contributed by atoms with Gasteiger partial charge in [-0.25, -0.2) is 8.42 Å². The number of hydrogen-bond acceptors (Lipinski definition) is 7. The molecular formula is C22H26N4O6S. The fourth-order valence-electron chi connectivity index (χ4n) is 5.65. The van der Waals surface area contributed by atoms with Crippen molar-refractivity contribution in [3.05, 3.63) is 30.3 Å². The fraction of sp³-hybridized carbons (Fsp3) is 0.545. The van der Waals surface area contributed by atoms with Crippen molar-refractivity contribution in [1.29, 1.82) is 5.26 Å². The highest BCUT2D eigenvalue weighted by Gasteiger charge is 2.76. The number of hydrogen-bond donors (Lipinski definition) is 3. The Kier molecular flexibility index (Phi) is 5.70. The van der Waals surface area contributed by atoms with Crippen molar-refractivity contribution < 1.29 is 27.9 Å². The smallest absolute Gasteiger partial charge is 0.310 e. The third-order valence-electron chi connectivity index (χ3n) is 7.54. The minimum Gasteiger partial charge on any atom is -0.481 e. The number of carboxylic acids is 1. The zero-order valence-electron chi connectivity index (χ0n) is 17.9. The van der Waals surface area contributed by atoms with E-state index in [2.05, 4.69) is 5.32 Å². The minimum atomic E-state index is -3.96. The van der Waals surface area contributed by atoms with Crippen LogP contribution in [-0.2, 0) is 24.2 Å². The topological polar surface area (TPSA) is 171 Å². The third kappa shape index (κ3) is 3.48. The summed E-state index contributed by atoms with van der Waals surface area (Å²) in [6.45, 7) is 1.81. The van der Waals surface area contributed by atoms with Crippen LogP contribution in [0.3, 0.4) is 0 Å². The van der Waals surface area contributed by atoms with Gasteiger partial charge in [-0.1, -0.05) is 18.2 Å². The van der Waals surface area contributed by atoms with E-state index in [0.29, 0.717) is 26.2 Å². The highest BCUT2D eigenvalue weighted by Crippen LogP contribution is 2.68. The summed E-state index contributed by atoms with van der Waals surface area (Å²) in [5.74, 6) is -4.98. The van der Waals surface area contributed by atoms with Crippen molar-refractivity contribution in [3.8, 4) is 6.07 Å². The number of nitrogens with two attached hydrogens (primary N) is 1. The van der Waals surface area contributed by atoms with E-state index in [4.69, 9.17) is 5.73 Å². The van der Waals surface area contributed by atoms with Gasteiger partial charge in [-0.2, -0.15) is 5.26 Å². The number of aliphatic carboxylic acids is 1. The third-order valence-corrected chi connectivity index (χ3v) is 9.71. The number of benzene rings is 1. The van der Waals surface area contributed by atoms with E-state index in [0.717, 1.165) is 0 Å². The van der Waals surface area contributed by atoms with Crippen LogP contribution in [0.25, 0.3) is 0 Å². The van der Waals surface area contributed by atoms with Crippen LogP contribution >= 0.6 is 0 Å². The normalized spacial score (nSPS) is 33.8. The molecule has 1 aromatic carbocycles. The van der Waals surface area contributed by atoms with Crippen LogP contribution in [0.5, 0.6) is 0 Å². The Balaban J connectivity index is 1.79. The number of carbonyl (C=O) groups excluding carboxylic acids is 2. The molecule has 3 aliphatic rings. The number of rotatable bonds is 6. The Labute approximate surface area is 191 Å². The maximum Gasteiger partial charge on any atom is 0.310 e. The van der Waals surface area contributed by atoms with Gasteiger partial charge in [0, 0.05) is 32.1 Å². The fourth-order valence-corrected chi connectivity index (χ4v) is 7.51. The Bertz CT molecular complexity index is 1130. The molecule has 4 N–H and O–H groups in total. The van der Waals surface area contributed by atoms with Crippen LogP contribution in [-0.4, -0.2) is 67.6 Å². The number of piperazine rings is 1. The zero-order valence-corrected chi connectivity index (χ0v) is 18.8. The molecule has 11 heteroatoms. The first-order valence-electron chi connectivity index (χ1n) is 10.8. The second kappa shape index (κ2) is 8.11. The number of carbonyl (C=O) groups is 3. The van der Waals surface area contributed by atoms with Gasteiger partial charge in [-0.15, -0.1) is 0 Å². The number of carboxylic acid groups (broad SMARTS) is 1. The van der Waals surface area contributed by atoms with Crippen molar-refractivity contribution in [2.75, 3.05) is 26.2 Å². The van der Waals surface area contributed by atoms with E-state index < -0.39 is 55.5 Å². The Morgan fingerprint density at radius 3 is 2.30 bits per heavy atom. The summed E-state index contributed by atoms with van der Waals surface area (Å²) in [7, 11) is -3.96. The molecular weight excluding hydrogens is 448 g/mol. The second-order valence-corrected chi connectivity index (χ2v) is 11.3. The molecule has 4 rings (SSSR count). The molecule has 1 heterocycles. The van der Waals surface area contributed by atoms with Gasteiger partial charge in [-0.05, 0) is 31.4 Å². The SMILES string of the molecule is N#CC1(C(N)=O)CC1[C@]1(C(=O)O)C[C@H](S(=O)(=O)c2ccccc2)C[C@H]1C(=O)N1CCNCC1. The number of nitrogens with zero attached hydrogens (tertiary/aromatic N) is 2. The minimum absolute atomic E-state index is 0.0433. The lowest BCUT2D eigenvalue weighted by Gasteiger charge is -2.36. The lowest BCUT2D eigenvalue weighted by molar-refractivity contribution is -0.160. The predicted octanol–water partition coefficient (Wildman–Crippen LogP) is -0.243. The molecule has 1 aromatic rings. The largest absolute Gasteiger partial charge is 0.481 e. The van der Waals surface area contributed by atoms with Gasteiger partial charge in [0.1, 0.15) is 5.41 Å². The number of amides is 2. The molecule has 2 saturated carbocycles. The highest BCUT2D eigenvalue weighted by atomic mass is 32.2. The lowest BCUT2D eigenvalue weighted by atomic mass is 9.70. The van der Waals surface area contributed by atoms with Gasteiger partial charge in [0.25, 0.3) is 0 Å². The average molecular weight is 475 g/mol. The van der Waals surface area contributed by atoms with Crippen molar-refractivity contribution in [2.45, 2.75) is 29.4 Å². The summed E-state index contributed by atoms with van der Waals surface area (Å²) >= 11 is 0.